The van der Waals surface area contributed by atoms with E-state index in [1.165, 1.54) is 24.0 Å². The number of carbonyl (C=O) groups is 2. The fourth-order valence-electron chi connectivity index (χ4n) is 2.74. The lowest BCUT2D eigenvalue weighted by molar-refractivity contribution is 0.0602. The Hall–Kier alpha value is -2.37. The first-order chi connectivity index (χ1) is 12.7. The molecule has 1 heterocycles. The fourth-order valence-corrected chi connectivity index (χ4v) is 4.19. The van der Waals surface area contributed by atoms with E-state index in [0.717, 1.165) is 10.1 Å². The predicted octanol–water partition coefficient (Wildman–Crippen LogP) is 5.89. The molecule has 0 atom stereocenters. The van der Waals surface area contributed by atoms with Crippen molar-refractivity contribution in [1.29, 1.82) is 0 Å². The van der Waals surface area contributed by atoms with Crippen LogP contribution < -0.4 is 5.32 Å². The molecule has 140 valence electrons. The average Bonchev–Trinajstić information content (AvgIpc) is 2.97. The molecule has 0 bridgehead atoms. The maximum atomic E-state index is 12.8. The first kappa shape index (κ1) is 19.4. The second-order valence-electron chi connectivity index (χ2n) is 7.20. The maximum Gasteiger partial charge on any atom is 0.339 e. The minimum atomic E-state index is -0.511. The summed E-state index contributed by atoms with van der Waals surface area (Å²) in [7, 11) is 1.30. The molecule has 0 spiro atoms. The maximum absolute atomic E-state index is 12.8. The predicted molar refractivity (Wildman–Crippen MR) is 111 cm³/mol. The molecular formula is C21H20ClNO3S. The van der Waals surface area contributed by atoms with Gasteiger partial charge in [-0.25, -0.2) is 4.79 Å². The van der Waals surface area contributed by atoms with Gasteiger partial charge in [0.2, 0.25) is 0 Å². The number of thiophene rings is 1. The Morgan fingerprint density at radius 2 is 1.81 bits per heavy atom. The van der Waals surface area contributed by atoms with Gasteiger partial charge in [0.1, 0.15) is 4.88 Å². The first-order valence-electron chi connectivity index (χ1n) is 8.43. The summed E-state index contributed by atoms with van der Waals surface area (Å²) in [6.45, 7) is 6.42. The van der Waals surface area contributed by atoms with Gasteiger partial charge in [0, 0.05) is 10.1 Å². The highest BCUT2D eigenvalue weighted by atomic mass is 35.5. The van der Waals surface area contributed by atoms with E-state index in [0.29, 0.717) is 21.2 Å². The number of fused-ring (bicyclic) bond motifs is 1. The number of carbonyl (C=O) groups excluding carboxylic acids is 2. The molecule has 2 aromatic carbocycles. The number of esters is 1. The molecule has 0 fully saturated rings. The van der Waals surface area contributed by atoms with E-state index in [1.54, 1.807) is 24.3 Å². The summed E-state index contributed by atoms with van der Waals surface area (Å²) >= 11 is 7.81. The standard InChI is InChI=1S/C21H20ClNO3S/c1-21(2,3)12-9-10-14-16(11-12)27-18(17(14)22)19(24)23-15-8-6-5-7-13(15)20(25)26-4/h5-11H,1-4H3,(H,23,24). The molecule has 0 aliphatic heterocycles. The third-order valence-electron chi connectivity index (χ3n) is 4.28. The van der Waals surface area contributed by atoms with Gasteiger partial charge >= 0.3 is 5.97 Å². The van der Waals surface area contributed by atoms with Crippen LogP contribution in [0.1, 0.15) is 46.4 Å². The van der Waals surface area contributed by atoms with Crippen molar-refractivity contribution < 1.29 is 14.3 Å². The lowest BCUT2D eigenvalue weighted by Crippen LogP contribution is -2.14. The van der Waals surface area contributed by atoms with Crippen LogP contribution in [0.15, 0.2) is 42.5 Å². The van der Waals surface area contributed by atoms with Crippen LogP contribution in [-0.2, 0) is 10.2 Å². The summed E-state index contributed by atoms with van der Waals surface area (Å²) in [6.07, 6.45) is 0. The van der Waals surface area contributed by atoms with Crippen LogP contribution in [-0.4, -0.2) is 19.0 Å². The zero-order chi connectivity index (χ0) is 19.8. The quantitative estimate of drug-likeness (QED) is 0.556. The van der Waals surface area contributed by atoms with Gasteiger partial charge in [-0.3, -0.25) is 4.79 Å². The minimum Gasteiger partial charge on any atom is -0.465 e. The van der Waals surface area contributed by atoms with Gasteiger partial charge in [-0.1, -0.05) is 56.6 Å². The fraction of sp³-hybridized carbons (Fsp3) is 0.238. The van der Waals surface area contributed by atoms with Crippen LogP contribution in [0.25, 0.3) is 10.1 Å². The Morgan fingerprint density at radius 3 is 2.48 bits per heavy atom. The molecule has 3 aromatic rings. The number of para-hydroxylation sites is 1. The highest BCUT2D eigenvalue weighted by molar-refractivity contribution is 7.21. The largest absolute Gasteiger partial charge is 0.465 e. The molecule has 0 saturated carbocycles. The summed E-state index contributed by atoms with van der Waals surface area (Å²) < 4.78 is 5.72. The van der Waals surface area contributed by atoms with Crippen molar-refractivity contribution in [1.82, 2.24) is 0 Å². The van der Waals surface area contributed by atoms with Crippen molar-refractivity contribution in [2.24, 2.45) is 0 Å². The van der Waals surface area contributed by atoms with Crippen molar-refractivity contribution in [2.75, 3.05) is 12.4 Å². The lowest BCUT2D eigenvalue weighted by Gasteiger charge is -2.18. The van der Waals surface area contributed by atoms with E-state index in [1.807, 2.05) is 12.1 Å². The number of hydrogen-bond acceptors (Lipinski definition) is 4. The van der Waals surface area contributed by atoms with E-state index < -0.39 is 5.97 Å². The number of halogens is 1. The molecule has 1 N–H and O–H groups in total. The second-order valence-corrected chi connectivity index (χ2v) is 8.63. The molecule has 3 rings (SSSR count). The molecule has 0 saturated heterocycles. The number of nitrogens with one attached hydrogen (secondary N) is 1. The Kier molecular flexibility index (Phi) is 5.27. The van der Waals surface area contributed by atoms with E-state index in [-0.39, 0.29) is 11.3 Å². The third-order valence-corrected chi connectivity index (χ3v) is 5.94. The normalized spacial score (nSPS) is 11.4. The molecule has 4 nitrogen and oxygen atoms in total. The molecule has 27 heavy (non-hydrogen) atoms. The van der Waals surface area contributed by atoms with Crippen LogP contribution in [0.4, 0.5) is 5.69 Å². The third kappa shape index (κ3) is 3.84. The van der Waals surface area contributed by atoms with Gasteiger partial charge in [-0.2, -0.15) is 0 Å². The van der Waals surface area contributed by atoms with E-state index in [4.69, 9.17) is 16.3 Å². The number of ether oxygens (including phenoxy) is 1. The number of benzene rings is 2. The van der Waals surface area contributed by atoms with Crippen molar-refractivity contribution in [3.05, 3.63) is 63.5 Å². The minimum absolute atomic E-state index is 0.00648. The van der Waals surface area contributed by atoms with Crippen LogP contribution >= 0.6 is 22.9 Å². The van der Waals surface area contributed by atoms with Gasteiger partial charge in [0.25, 0.3) is 5.91 Å². The number of hydrogen-bond donors (Lipinski definition) is 1. The number of amides is 1. The summed E-state index contributed by atoms with van der Waals surface area (Å²) in [5.41, 5.74) is 1.86. The number of anilines is 1. The van der Waals surface area contributed by atoms with Crippen LogP contribution in [0.3, 0.4) is 0 Å². The zero-order valence-electron chi connectivity index (χ0n) is 15.6. The molecular weight excluding hydrogens is 382 g/mol. The zero-order valence-corrected chi connectivity index (χ0v) is 17.1. The molecule has 0 radical (unpaired) electrons. The SMILES string of the molecule is COC(=O)c1ccccc1NC(=O)c1sc2cc(C(C)(C)C)ccc2c1Cl. The Bertz CT molecular complexity index is 1030. The molecule has 0 aliphatic carbocycles. The number of methoxy groups -OCH3 is 1. The summed E-state index contributed by atoms with van der Waals surface area (Å²) in [6, 6.07) is 12.8. The molecule has 0 unspecified atom stereocenters. The number of rotatable bonds is 3. The van der Waals surface area contributed by atoms with Gasteiger partial charge in [0.05, 0.1) is 23.4 Å². The smallest absolute Gasteiger partial charge is 0.339 e. The monoisotopic (exact) mass is 401 g/mol. The molecule has 0 aliphatic rings. The Labute approximate surface area is 167 Å². The summed E-state index contributed by atoms with van der Waals surface area (Å²) in [5, 5.41) is 4.04. The molecule has 1 aromatic heterocycles. The lowest BCUT2D eigenvalue weighted by atomic mass is 9.87. The summed E-state index contributed by atoms with van der Waals surface area (Å²) in [4.78, 5) is 25.1. The van der Waals surface area contributed by atoms with E-state index in [9.17, 15) is 9.59 Å². The van der Waals surface area contributed by atoms with Gasteiger partial charge in [-0.05, 0) is 29.2 Å². The Morgan fingerprint density at radius 1 is 1.11 bits per heavy atom. The van der Waals surface area contributed by atoms with Crippen molar-refractivity contribution in [3.8, 4) is 0 Å². The van der Waals surface area contributed by atoms with Crippen molar-refractivity contribution in [3.63, 3.8) is 0 Å². The van der Waals surface area contributed by atoms with Crippen LogP contribution in [0.2, 0.25) is 5.02 Å². The van der Waals surface area contributed by atoms with E-state index >= 15 is 0 Å². The average molecular weight is 402 g/mol. The van der Waals surface area contributed by atoms with Crippen molar-refractivity contribution in [2.45, 2.75) is 26.2 Å². The molecule has 1 amide bonds. The van der Waals surface area contributed by atoms with E-state index in [2.05, 4.69) is 32.2 Å². The Balaban J connectivity index is 1.97. The second kappa shape index (κ2) is 7.33. The first-order valence-corrected chi connectivity index (χ1v) is 9.63. The highest BCUT2D eigenvalue weighted by Gasteiger charge is 2.21. The topological polar surface area (TPSA) is 55.4 Å². The van der Waals surface area contributed by atoms with Crippen LogP contribution in [0.5, 0.6) is 0 Å². The highest BCUT2D eigenvalue weighted by Crippen LogP contribution is 2.38. The van der Waals surface area contributed by atoms with Gasteiger partial charge in [0.15, 0.2) is 0 Å². The van der Waals surface area contributed by atoms with Crippen LogP contribution in [0, 0.1) is 0 Å². The van der Waals surface area contributed by atoms with Gasteiger partial charge in [-0.15, -0.1) is 11.3 Å². The van der Waals surface area contributed by atoms with Crippen molar-refractivity contribution >= 4 is 50.6 Å². The van der Waals surface area contributed by atoms with Gasteiger partial charge < -0.3 is 10.1 Å². The molecule has 6 heteroatoms. The summed E-state index contributed by atoms with van der Waals surface area (Å²) in [5.74, 6) is -0.863.